The highest BCUT2D eigenvalue weighted by Crippen LogP contribution is 2.23. The molecule has 176 valence electrons. The minimum atomic E-state index is -3.45. The second kappa shape index (κ2) is 10.5. The Kier molecular flexibility index (Phi) is 7.45. The maximum absolute atomic E-state index is 12.8. The molecule has 0 radical (unpaired) electrons. The highest BCUT2D eigenvalue weighted by atomic mass is 32.2. The van der Waals surface area contributed by atoms with Crippen molar-refractivity contribution in [2.24, 2.45) is 5.92 Å². The Balaban J connectivity index is 1.26. The molecule has 0 saturated carbocycles. The average Bonchev–Trinajstić information content (AvgIpc) is 2.88. The molecule has 0 spiro atoms. The number of benzene rings is 2. The summed E-state index contributed by atoms with van der Waals surface area (Å²) in [6.45, 7) is 2.57. The van der Waals surface area contributed by atoms with Crippen molar-refractivity contribution in [1.82, 2.24) is 14.5 Å². The van der Waals surface area contributed by atoms with Crippen LogP contribution in [0.1, 0.15) is 48.0 Å². The molecule has 8 heteroatoms. The van der Waals surface area contributed by atoms with Crippen molar-refractivity contribution in [3.8, 4) is 0 Å². The van der Waals surface area contributed by atoms with Crippen LogP contribution in [0.2, 0.25) is 0 Å². The Labute approximate surface area is 195 Å². The van der Waals surface area contributed by atoms with Gasteiger partial charge >= 0.3 is 6.03 Å². The van der Waals surface area contributed by atoms with Crippen molar-refractivity contribution >= 4 is 21.8 Å². The van der Waals surface area contributed by atoms with Crippen LogP contribution in [0.25, 0.3) is 0 Å². The van der Waals surface area contributed by atoms with E-state index >= 15 is 0 Å². The van der Waals surface area contributed by atoms with E-state index in [1.54, 1.807) is 33.5 Å². The molecule has 0 aromatic heterocycles. The lowest BCUT2D eigenvalue weighted by molar-refractivity contribution is 0.0854. The first-order valence-electron chi connectivity index (χ1n) is 11.7. The first-order valence-corrected chi connectivity index (χ1v) is 13.1. The molecule has 7 nitrogen and oxygen atoms in total. The van der Waals surface area contributed by atoms with Crippen molar-refractivity contribution < 1.29 is 18.0 Å². The molecular formula is C25H31N3O4S. The van der Waals surface area contributed by atoms with Crippen LogP contribution >= 0.6 is 0 Å². The standard InChI is InChI=1S/C25H31N3O4S/c29-24(21-7-3-1-4-8-21)22-13-17-27(18-14-22)25(30)26-19-20-9-11-23(12-10-20)33(31,32)28-15-5-2-6-16-28/h1,3-4,7-12,22H,2,5-6,13-19H2,(H,26,30). The van der Waals surface area contributed by atoms with Gasteiger partial charge in [0.25, 0.3) is 0 Å². The molecule has 0 unspecified atom stereocenters. The summed E-state index contributed by atoms with van der Waals surface area (Å²) >= 11 is 0. The van der Waals surface area contributed by atoms with Crippen molar-refractivity contribution in [2.45, 2.75) is 43.5 Å². The third-order valence-electron chi connectivity index (χ3n) is 6.53. The summed E-state index contributed by atoms with van der Waals surface area (Å²) in [7, 11) is -3.45. The number of likely N-dealkylation sites (tertiary alicyclic amines) is 1. The minimum Gasteiger partial charge on any atom is -0.334 e. The Morgan fingerprint density at radius 3 is 2.12 bits per heavy atom. The van der Waals surface area contributed by atoms with E-state index in [1.807, 2.05) is 30.3 Å². The number of hydrogen-bond donors (Lipinski definition) is 1. The van der Waals surface area contributed by atoms with Crippen molar-refractivity contribution in [3.05, 3.63) is 65.7 Å². The van der Waals surface area contributed by atoms with Gasteiger partial charge in [-0.2, -0.15) is 4.31 Å². The van der Waals surface area contributed by atoms with Gasteiger partial charge in [0.2, 0.25) is 10.0 Å². The first kappa shape index (κ1) is 23.4. The van der Waals surface area contributed by atoms with Crippen LogP contribution in [0, 0.1) is 5.92 Å². The summed E-state index contributed by atoms with van der Waals surface area (Å²) in [6.07, 6.45) is 4.20. The maximum atomic E-state index is 12.8. The number of ketones is 1. The topological polar surface area (TPSA) is 86.8 Å². The second-order valence-corrected chi connectivity index (χ2v) is 10.7. The zero-order chi connectivity index (χ0) is 23.3. The number of carbonyl (C=O) groups is 2. The molecule has 2 aromatic rings. The van der Waals surface area contributed by atoms with E-state index in [4.69, 9.17) is 0 Å². The number of sulfonamides is 1. The van der Waals surface area contributed by atoms with Gasteiger partial charge in [-0.25, -0.2) is 13.2 Å². The van der Waals surface area contributed by atoms with Gasteiger partial charge in [-0.15, -0.1) is 0 Å². The molecule has 1 N–H and O–H groups in total. The molecule has 2 aromatic carbocycles. The fourth-order valence-electron chi connectivity index (χ4n) is 4.51. The lowest BCUT2D eigenvalue weighted by atomic mass is 9.89. The fraction of sp³-hybridized carbons (Fsp3) is 0.440. The molecule has 0 aliphatic carbocycles. The van der Waals surface area contributed by atoms with Crippen LogP contribution in [0.3, 0.4) is 0 Å². The van der Waals surface area contributed by atoms with E-state index in [0.29, 0.717) is 50.5 Å². The molecule has 2 fully saturated rings. The SMILES string of the molecule is O=C(c1ccccc1)C1CCN(C(=O)NCc2ccc(S(=O)(=O)N3CCCCC3)cc2)CC1. The van der Waals surface area contributed by atoms with E-state index in [0.717, 1.165) is 30.4 Å². The van der Waals surface area contributed by atoms with E-state index in [-0.39, 0.29) is 17.7 Å². The number of piperidine rings is 2. The van der Waals surface area contributed by atoms with Gasteiger partial charge in [0.1, 0.15) is 0 Å². The zero-order valence-electron chi connectivity index (χ0n) is 18.8. The van der Waals surface area contributed by atoms with E-state index in [9.17, 15) is 18.0 Å². The number of hydrogen-bond acceptors (Lipinski definition) is 4. The van der Waals surface area contributed by atoms with Gasteiger partial charge in [0, 0.05) is 44.2 Å². The summed E-state index contributed by atoms with van der Waals surface area (Å²) in [4.78, 5) is 27.2. The number of Topliss-reactive ketones (excluding diaryl/α,β-unsaturated/α-hetero) is 1. The molecule has 2 aliphatic rings. The van der Waals surface area contributed by atoms with E-state index < -0.39 is 10.0 Å². The van der Waals surface area contributed by atoms with Crippen LogP contribution < -0.4 is 5.32 Å². The average molecular weight is 470 g/mol. The van der Waals surface area contributed by atoms with Crippen LogP contribution in [0.4, 0.5) is 4.79 Å². The predicted molar refractivity (Wildman–Crippen MR) is 126 cm³/mol. The van der Waals surface area contributed by atoms with Crippen LogP contribution in [0.5, 0.6) is 0 Å². The summed E-state index contributed by atoms with van der Waals surface area (Å²) in [6, 6.07) is 15.9. The molecule has 2 aliphatic heterocycles. The zero-order valence-corrected chi connectivity index (χ0v) is 19.6. The van der Waals surface area contributed by atoms with Gasteiger partial charge in [0.05, 0.1) is 4.90 Å². The van der Waals surface area contributed by atoms with Gasteiger partial charge in [-0.1, -0.05) is 48.9 Å². The third kappa shape index (κ3) is 5.62. The van der Waals surface area contributed by atoms with Crippen molar-refractivity contribution in [2.75, 3.05) is 26.2 Å². The van der Waals surface area contributed by atoms with Crippen LogP contribution in [-0.2, 0) is 16.6 Å². The second-order valence-electron chi connectivity index (χ2n) is 8.76. The predicted octanol–water partition coefficient (Wildman–Crippen LogP) is 3.67. The maximum Gasteiger partial charge on any atom is 0.317 e. The minimum absolute atomic E-state index is 0.0501. The van der Waals surface area contributed by atoms with Gasteiger partial charge < -0.3 is 10.2 Å². The summed E-state index contributed by atoms with van der Waals surface area (Å²) in [5.41, 5.74) is 1.57. The molecular weight excluding hydrogens is 438 g/mol. The summed E-state index contributed by atoms with van der Waals surface area (Å²) in [5.74, 6) is 0.0982. The number of amides is 2. The Hall–Kier alpha value is -2.71. The number of urea groups is 1. The monoisotopic (exact) mass is 469 g/mol. The van der Waals surface area contributed by atoms with E-state index in [1.165, 1.54) is 0 Å². The Bertz CT molecular complexity index is 1060. The lowest BCUT2D eigenvalue weighted by Gasteiger charge is -2.31. The molecule has 0 bridgehead atoms. The normalized spacial score (nSPS) is 18.1. The molecule has 0 atom stereocenters. The van der Waals surface area contributed by atoms with Crippen LogP contribution in [0.15, 0.2) is 59.5 Å². The molecule has 33 heavy (non-hydrogen) atoms. The number of nitrogens with zero attached hydrogens (tertiary/aromatic N) is 2. The number of carbonyl (C=O) groups excluding carboxylic acids is 2. The Morgan fingerprint density at radius 2 is 1.48 bits per heavy atom. The number of nitrogens with one attached hydrogen (secondary N) is 1. The quantitative estimate of drug-likeness (QED) is 0.654. The van der Waals surface area contributed by atoms with Gasteiger partial charge in [0.15, 0.2) is 5.78 Å². The van der Waals surface area contributed by atoms with Crippen molar-refractivity contribution in [1.29, 1.82) is 0 Å². The molecule has 2 saturated heterocycles. The van der Waals surface area contributed by atoms with E-state index in [2.05, 4.69) is 5.32 Å². The first-order chi connectivity index (χ1) is 15.9. The number of rotatable bonds is 6. The molecule has 2 amide bonds. The highest BCUT2D eigenvalue weighted by Gasteiger charge is 2.28. The smallest absolute Gasteiger partial charge is 0.317 e. The van der Waals surface area contributed by atoms with Crippen molar-refractivity contribution in [3.63, 3.8) is 0 Å². The Morgan fingerprint density at radius 1 is 0.848 bits per heavy atom. The largest absolute Gasteiger partial charge is 0.334 e. The summed E-state index contributed by atoms with van der Waals surface area (Å²) < 4.78 is 27.1. The molecule has 4 rings (SSSR count). The molecule has 2 heterocycles. The van der Waals surface area contributed by atoms with Gasteiger partial charge in [-0.05, 0) is 43.4 Å². The summed E-state index contributed by atoms with van der Waals surface area (Å²) in [5, 5.41) is 2.91. The lowest BCUT2D eigenvalue weighted by Crippen LogP contribution is -2.45. The third-order valence-corrected chi connectivity index (χ3v) is 8.44. The fourth-order valence-corrected chi connectivity index (χ4v) is 6.02. The highest BCUT2D eigenvalue weighted by molar-refractivity contribution is 7.89. The van der Waals surface area contributed by atoms with Crippen LogP contribution in [-0.4, -0.2) is 55.6 Å². The van der Waals surface area contributed by atoms with Gasteiger partial charge in [-0.3, -0.25) is 4.79 Å².